The maximum atomic E-state index is 13.5. The van der Waals surface area contributed by atoms with Crippen molar-refractivity contribution < 1.29 is 22.7 Å². The Morgan fingerprint density at radius 1 is 1.12 bits per heavy atom. The van der Waals surface area contributed by atoms with E-state index < -0.39 is 22.0 Å². The minimum atomic E-state index is -3.85. The maximum Gasteiger partial charge on any atom is 0.265 e. The van der Waals surface area contributed by atoms with Crippen LogP contribution in [0, 0.1) is 26.7 Å². The highest BCUT2D eigenvalue weighted by Crippen LogP contribution is 2.36. The van der Waals surface area contributed by atoms with Gasteiger partial charge in [-0.1, -0.05) is 6.07 Å². The molecule has 4 rings (SSSR count). The molecule has 8 nitrogen and oxygen atoms in total. The van der Waals surface area contributed by atoms with Crippen LogP contribution in [0.1, 0.15) is 36.5 Å². The van der Waals surface area contributed by atoms with E-state index in [-0.39, 0.29) is 23.3 Å². The van der Waals surface area contributed by atoms with Gasteiger partial charge in [0.25, 0.3) is 5.91 Å². The third kappa shape index (κ3) is 4.74. The molecule has 33 heavy (non-hydrogen) atoms. The number of aryl methyl sites for hydroxylation is 3. The van der Waals surface area contributed by atoms with Gasteiger partial charge in [-0.3, -0.25) is 9.59 Å². The summed E-state index contributed by atoms with van der Waals surface area (Å²) in [5.41, 5.74) is 3.78. The third-order valence-corrected chi connectivity index (χ3v) is 8.08. The van der Waals surface area contributed by atoms with Gasteiger partial charge < -0.3 is 15.4 Å². The fourth-order valence-electron chi connectivity index (χ4n) is 4.43. The molecule has 1 fully saturated rings. The highest BCUT2D eigenvalue weighted by molar-refractivity contribution is 7.89. The number of nitrogens with zero attached hydrogens (tertiary/aromatic N) is 1. The van der Waals surface area contributed by atoms with E-state index in [9.17, 15) is 18.0 Å². The summed E-state index contributed by atoms with van der Waals surface area (Å²) in [6.45, 7) is 7.69. The highest BCUT2D eigenvalue weighted by atomic mass is 32.2. The van der Waals surface area contributed by atoms with Crippen molar-refractivity contribution in [2.24, 2.45) is 5.92 Å². The molecule has 2 unspecified atom stereocenters. The SMILES string of the molecule is Cc1cc(C)cc(NC(=O)C2CCCN(S(=O)(=O)c3cc4c(cc3C)NC(=O)C(C)O4)C2)c1. The van der Waals surface area contributed by atoms with Crippen LogP contribution in [0.15, 0.2) is 35.2 Å². The number of hydrogen-bond acceptors (Lipinski definition) is 5. The topological polar surface area (TPSA) is 105 Å². The Hall–Kier alpha value is -2.91. The van der Waals surface area contributed by atoms with E-state index in [1.54, 1.807) is 19.9 Å². The van der Waals surface area contributed by atoms with E-state index >= 15 is 0 Å². The molecule has 0 aromatic heterocycles. The zero-order valence-corrected chi connectivity index (χ0v) is 20.1. The first-order valence-corrected chi connectivity index (χ1v) is 12.5. The number of anilines is 2. The fourth-order valence-corrected chi connectivity index (χ4v) is 6.17. The number of carbonyl (C=O) groups excluding carboxylic acids is 2. The van der Waals surface area contributed by atoms with Gasteiger partial charge in [-0.15, -0.1) is 0 Å². The molecule has 176 valence electrons. The highest BCUT2D eigenvalue weighted by Gasteiger charge is 2.35. The summed E-state index contributed by atoms with van der Waals surface area (Å²) in [5.74, 6) is -0.566. The zero-order chi connectivity index (χ0) is 23.9. The predicted molar refractivity (Wildman–Crippen MR) is 126 cm³/mol. The summed E-state index contributed by atoms with van der Waals surface area (Å²) in [7, 11) is -3.85. The number of hydrogen-bond donors (Lipinski definition) is 2. The van der Waals surface area contributed by atoms with Gasteiger partial charge in [0.05, 0.1) is 16.5 Å². The molecule has 0 bridgehead atoms. The molecule has 1 saturated heterocycles. The smallest absolute Gasteiger partial charge is 0.265 e. The minimum absolute atomic E-state index is 0.115. The number of nitrogens with one attached hydrogen (secondary N) is 2. The number of benzene rings is 2. The van der Waals surface area contributed by atoms with Gasteiger partial charge in [0.2, 0.25) is 15.9 Å². The Labute approximate surface area is 194 Å². The molecule has 2 aromatic carbocycles. The van der Waals surface area contributed by atoms with Gasteiger partial charge in [0, 0.05) is 24.8 Å². The quantitative estimate of drug-likeness (QED) is 0.711. The number of amides is 2. The second kappa shape index (κ2) is 8.79. The van der Waals surface area contributed by atoms with E-state index in [1.165, 1.54) is 10.4 Å². The Morgan fingerprint density at radius 3 is 2.52 bits per heavy atom. The zero-order valence-electron chi connectivity index (χ0n) is 19.3. The van der Waals surface area contributed by atoms with Crippen molar-refractivity contribution in [3.05, 3.63) is 47.0 Å². The van der Waals surface area contributed by atoms with Crippen LogP contribution in [-0.2, 0) is 19.6 Å². The second-order valence-electron chi connectivity index (χ2n) is 8.93. The average Bonchev–Trinajstić information content (AvgIpc) is 2.74. The van der Waals surface area contributed by atoms with Crippen LogP contribution in [0.2, 0.25) is 0 Å². The van der Waals surface area contributed by atoms with Crippen LogP contribution in [0.3, 0.4) is 0 Å². The van der Waals surface area contributed by atoms with E-state index in [4.69, 9.17) is 4.74 Å². The molecule has 2 atom stereocenters. The molecule has 2 N–H and O–H groups in total. The lowest BCUT2D eigenvalue weighted by molar-refractivity contribution is -0.123. The monoisotopic (exact) mass is 471 g/mol. The van der Waals surface area contributed by atoms with Crippen LogP contribution >= 0.6 is 0 Å². The van der Waals surface area contributed by atoms with Gasteiger partial charge in [-0.25, -0.2) is 8.42 Å². The lowest BCUT2D eigenvalue weighted by Gasteiger charge is -2.32. The van der Waals surface area contributed by atoms with E-state index in [1.807, 2.05) is 32.0 Å². The Bertz CT molecular complexity index is 1200. The Balaban J connectivity index is 1.54. The summed E-state index contributed by atoms with van der Waals surface area (Å²) >= 11 is 0. The van der Waals surface area contributed by atoms with Crippen LogP contribution in [0.5, 0.6) is 5.75 Å². The van der Waals surface area contributed by atoms with Crippen molar-refractivity contribution in [3.63, 3.8) is 0 Å². The number of piperidine rings is 1. The minimum Gasteiger partial charge on any atom is -0.479 e. The number of sulfonamides is 1. The van der Waals surface area contributed by atoms with Gasteiger partial charge in [0.1, 0.15) is 5.75 Å². The largest absolute Gasteiger partial charge is 0.479 e. The fraction of sp³-hybridized carbons (Fsp3) is 0.417. The first-order chi connectivity index (χ1) is 15.5. The third-order valence-electron chi connectivity index (χ3n) is 6.07. The molecule has 0 aliphatic carbocycles. The first kappa shape index (κ1) is 23.3. The molecule has 0 spiro atoms. The predicted octanol–water partition coefficient (Wildman–Crippen LogP) is 3.37. The standard InChI is InChI=1S/C24H29N3O5S/c1-14-8-15(2)10-19(9-14)25-24(29)18-6-5-7-27(13-18)33(30,31)22-12-21-20(11-16(22)3)26-23(28)17(4)32-21/h8-12,17-18H,5-7,13H2,1-4H3,(H,25,29)(H,26,28). The van der Waals surface area contributed by atoms with E-state index in [2.05, 4.69) is 10.6 Å². The molecule has 2 amide bonds. The second-order valence-corrected chi connectivity index (χ2v) is 10.8. The van der Waals surface area contributed by atoms with Crippen molar-refractivity contribution in [1.29, 1.82) is 0 Å². The summed E-state index contributed by atoms with van der Waals surface area (Å²) in [4.78, 5) is 24.9. The molecular formula is C24H29N3O5S. The Morgan fingerprint density at radius 2 is 1.82 bits per heavy atom. The number of ether oxygens (including phenoxy) is 1. The molecule has 2 aliphatic rings. The molecular weight excluding hydrogens is 442 g/mol. The molecule has 0 saturated carbocycles. The van der Waals surface area contributed by atoms with E-state index in [0.717, 1.165) is 16.8 Å². The molecule has 2 aromatic rings. The number of fused-ring (bicyclic) bond motifs is 1. The normalized spacial score (nSPS) is 21.0. The lowest BCUT2D eigenvalue weighted by atomic mass is 9.98. The summed E-state index contributed by atoms with van der Waals surface area (Å²) in [5, 5.41) is 5.68. The van der Waals surface area contributed by atoms with Crippen LogP contribution in [0.4, 0.5) is 11.4 Å². The average molecular weight is 472 g/mol. The summed E-state index contributed by atoms with van der Waals surface area (Å²) in [6, 6.07) is 8.91. The summed E-state index contributed by atoms with van der Waals surface area (Å²) < 4.78 is 34.0. The van der Waals surface area contributed by atoms with Crippen molar-refractivity contribution in [3.8, 4) is 5.75 Å². The summed E-state index contributed by atoms with van der Waals surface area (Å²) in [6.07, 6.45) is 0.514. The van der Waals surface area contributed by atoms with E-state index in [0.29, 0.717) is 36.4 Å². The van der Waals surface area contributed by atoms with Crippen LogP contribution in [0.25, 0.3) is 0 Å². The molecule has 0 radical (unpaired) electrons. The van der Waals surface area contributed by atoms with Gasteiger partial charge >= 0.3 is 0 Å². The number of rotatable bonds is 4. The van der Waals surface area contributed by atoms with Crippen molar-refractivity contribution >= 4 is 33.2 Å². The molecule has 2 heterocycles. The molecule has 2 aliphatic heterocycles. The molecule has 9 heteroatoms. The maximum absolute atomic E-state index is 13.5. The van der Waals surface area contributed by atoms with Crippen molar-refractivity contribution in [2.75, 3.05) is 23.7 Å². The number of carbonyl (C=O) groups is 2. The van der Waals surface area contributed by atoms with Crippen LogP contribution in [-0.4, -0.2) is 43.7 Å². The first-order valence-electron chi connectivity index (χ1n) is 11.1. The van der Waals surface area contributed by atoms with Gasteiger partial charge in [-0.2, -0.15) is 4.31 Å². The van der Waals surface area contributed by atoms with Gasteiger partial charge in [0.15, 0.2) is 6.10 Å². The van der Waals surface area contributed by atoms with Crippen molar-refractivity contribution in [2.45, 2.75) is 51.5 Å². The van der Waals surface area contributed by atoms with Crippen LogP contribution < -0.4 is 15.4 Å². The van der Waals surface area contributed by atoms with Crippen molar-refractivity contribution in [1.82, 2.24) is 4.31 Å². The lowest BCUT2D eigenvalue weighted by Crippen LogP contribution is -2.44. The Kier molecular flexibility index (Phi) is 6.20. The van der Waals surface area contributed by atoms with Gasteiger partial charge in [-0.05, 0) is 75.4 Å².